The maximum atomic E-state index is 13.8. The van der Waals surface area contributed by atoms with Crippen molar-refractivity contribution < 1.29 is 9.13 Å². The number of benzene rings is 1. The van der Waals surface area contributed by atoms with Gasteiger partial charge in [-0.2, -0.15) is 5.10 Å². The molecule has 0 aliphatic carbocycles. The Morgan fingerprint density at radius 3 is 2.80 bits per heavy atom. The van der Waals surface area contributed by atoms with Crippen molar-refractivity contribution in [2.45, 2.75) is 25.8 Å². The van der Waals surface area contributed by atoms with Gasteiger partial charge in [0.1, 0.15) is 0 Å². The molecule has 2 N–H and O–H groups in total. The molecule has 1 aromatic carbocycles. The van der Waals surface area contributed by atoms with Crippen LogP contribution in [0.3, 0.4) is 0 Å². The first-order valence-electron chi connectivity index (χ1n) is 6.69. The van der Waals surface area contributed by atoms with E-state index in [1.54, 1.807) is 16.9 Å². The van der Waals surface area contributed by atoms with Crippen LogP contribution in [0, 0.1) is 5.82 Å². The van der Waals surface area contributed by atoms with Gasteiger partial charge in [0, 0.05) is 25.7 Å². The van der Waals surface area contributed by atoms with Gasteiger partial charge in [-0.15, -0.1) is 0 Å². The van der Waals surface area contributed by atoms with Crippen LogP contribution < -0.4 is 10.5 Å². The van der Waals surface area contributed by atoms with Gasteiger partial charge in [-0.3, -0.25) is 4.68 Å². The van der Waals surface area contributed by atoms with Gasteiger partial charge >= 0.3 is 0 Å². The molecule has 5 heteroatoms. The summed E-state index contributed by atoms with van der Waals surface area (Å²) in [5.41, 5.74) is 7.65. The molecule has 0 amide bonds. The zero-order valence-electron chi connectivity index (χ0n) is 11.8. The average Bonchev–Trinajstić information content (AvgIpc) is 2.77. The first-order chi connectivity index (χ1) is 9.54. The third-order valence-corrected chi connectivity index (χ3v) is 2.96. The van der Waals surface area contributed by atoms with Crippen molar-refractivity contribution in [2.24, 2.45) is 12.8 Å². The number of aromatic nitrogens is 2. The van der Waals surface area contributed by atoms with Crippen LogP contribution in [-0.2, 0) is 19.9 Å². The van der Waals surface area contributed by atoms with Gasteiger partial charge in [0.25, 0.3) is 0 Å². The smallest absolute Gasteiger partial charge is 0.165 e. The van der Waals surface area contributed by atoms with Crippen molar-refractivity contribution >= 4 is 0 Å². The maximum absolute atomic E-state index is 13.8. The minimum atomic E-state index is -0.339. The number of hydrogen-bond donors (Lipinski definition) is 1. The first-order valence-corrected chi connectivity index (χ1v) is 6.69. The molecule has 1 atom stereocenters. The van der Waals surface area contributed by atoms with E-state index in [2.05, 4.69) is 5.10 Å². The van der Waals surface area contributed by atoms with E-state index in [-0.39, 0.29) is 17.6 Å². The van der Waals surface area contributed by atoms with Crippen molar-refractivity contribution in [2.75, 3.05) is 6.61 Å². The van der Waals surface area contributed by atoms with Crippen LogP contribution in [0.25, 0.3) is 0 Å². The Labute approximate surface area is 118 Å². The molecule has 0 spiro atoms. The largest absolute Gasteiger partial charge is 0.490 e. The summed E-state index contributed by atoms with van der Waals surface area (Å²) in [5, 5.41) is 4.07. The molecule has 0 fully saturated rings. The monoisotopic (exact) mass is 277 g/mol. The van der Waals surface area contributed by atoms with Crippen LogP contribution in [0.15, 0.2) is 30.6 Å². The number of ether oxygens (including phenoxy) is 1. The predicted molar refractivity (Wildman–Crippen MR) is 76.2 cm³/mol. The number of halogens is 1. The zero-order valence-corrected chi connectivity index (χ0v) is 11.8. The summed E-state index contributed by atoms with van der Waals surface area (Å²) in [6.07, 6.45) is 5.07. The fourth-order valence-electron chi connectivity index (χ4n) is 2.04. The Hall–Kier alpha value is -1.88. The molecule has 1 unspecified atom stereocenters. The lowest BCUT2D eigenvalue weighted by molar-refractivity contribution is 0.305. The van der Waals surface area contributed by atoms with Crippen molar-refractivity contribution in [1.29, 1.82) is 0 Å². The maximum Gasteiger partial charge on any atom is 0.165 e. The topological polar surface area (TPSA) is 53.1 Å². The molecule has 0 aliphatic rings. The van der Waals surface area contributed by atoms with Gasteiger partial charge in [-0.25, -0.2) is 4.39 Å². The van der Waals surface area contributed by atoms with Crippen LogP contribution in [0.5, 0.6) is 5.75 Å². The lowest BCUT2D eigenvalue weighted by Gasteiger charge is -2.09. The second-order valence-electron chi connectivity index (χ2n) is 5.07. The van der Waals surface area contributed by atoms with Crippen molar-refractivity contribution in [1.82, 2.24) is 9.78 Å². The van der Waals surface area contributed by atoms with Crippen molar-refractivity contribution in [3.8, 4) is 5.75 Å². The van der Waals surface area contributed by atoms with Crippen molar-refractivity contribution in [3.05, 3.63) is 47.5 Å². The normalized spacial score (nSPS) is 12.4. The van der Waals surface area contributed by atoms with Crippen LogP contribution in [0.4, 0.5) is 4.39 Å². The second-order valence-corrected chi connectivity index (χ2v) is 5.07. The number of nitrogens with two attached hydrogens (primary N) is 1. The summed E-state index contributed by atoms with van der Waals surface area (Å²) in [5.74, 6) is -0.0587. The number of hydrogen-bond acceptors (Lipinski definition) is 3. The number of rotatable bonds is 6. The average molecular weight is 277 g/mol. The Morgan fingerprint density at radius 1 is 1.40 bits per heavy atom. The lowest BCUT2D eigenvalue weighted by atomic mass is 10.1. The molecule has 108 valence electrons. The van der Waals surface area contributed by atoms with E-state index in [0.717, 1.165) is 11.1 Å². The summed E-state index contributed by atoms with van der Waals surface area (Å²) in [4.78, 5) is 0. The molecule has 2 aromatic rings. The Kier molecular flexibility index (Phi) is 4.74. The minimum absolute atomic E-state index is 0.0201. The Balaban J connectivity index is 1.89. The van der Waals surface area contributed by atoms with Gasteiger partial charge in [0.15, 0.2) is 11.6 Å². The number of aryl methyl sites for hydroxylation is 1. The van der Waals surface area contributed by atoms with Crippen LogP contribution in [-0.4, -0.2) is 22.4 Å². The number of nitrogens with zero attached hydrogens (tertiary/aromatic N) is 2. The molecule has 2 rings (SSSR count). The summed E-state index contributed by atoms with van der Waals surface area (Å²) in [6, 6.07) is 5.03. The van der Waals surface area contributed by atoms with Gasteiger partial charge in [-0.1, -0.05) is 6.07 Å². The van der Waals surface area contributed by atoms with Crippen molar-refractivity contribution in [3.63, 3.8) is 0 Å². The molecular formula is C15H20FN3O. The zero-order chi connectivity index (χ0) is 14.5. The Bertz CT molecular complexity index is 566. The molecule has 1 heterocycles. The molecule has 20 heavy (non-hydrogen) atoms. The summed E-state index contributed by atoms with van der Waals surface area (Å²) < 4.78 is 21.0. The summed E-state index contributed by atoms with van der Waals surface area (Å²) in [6.45, 7) is 2.32. The highest BCUT2D eigenvalue weighted by Crippen LogP contribution is 2.19. The van der Waals surface area contributed by atoms with Gasteiger partial charge < -0.3 is 10.5 Å². The highest BCUT2D eigenvalue weighted by Gasteiger charge is 2.06. The van der Waals surface area contributed by atoms with E-state index in [4.69, 9.17) is 10.5 Å². The molecular weight excluding hydrogens is 257 g/mol. The molecule has 0 radical (unpaired) electrons. The van der Waals surface area contributed by atoms with Gasteiger partial charge in [0.05, 0.1) is 12.8 Å². The van der Waals surface area contributed by atoms with E-state index in [1.807, 2.05) is 26.2 Å². The van der Waals surface area contributed by atoms with E-state index in [1.165, 1.54) is 6.07 Å². The van der Waals surface area contributed by atoms with Crippen LogP contribution in [0.1, 0.15) is 18.1 Å². The third-order valence-electron chi connectivity index (χ3n) is 2.96. The van der Waals surface area contributed by atoms with E-state index in [9.17, 15) is 4.39 Å². The fraction of sp³-hybridized carbons (Fsp3) is 0.400. The highest BCUT2D eigenvalue weighted by atomic mass is 19.1. The van der Waals surface area contributed by atoms with Gasteiger partial charge in [-0.05, 0) is 36.6 Å². The molecule has 0 saturated carbocycles. The molecule has 0 aliphatic heterocycles. The molecule has 4 nitrogen and oxygen atoms in total. The third kappa shape index (κ3) is 4.06. The van der Waals surface area contributed by atoms with E-state index >= 15 is 0 Å². The SMILES string of the molecule is CC(N)Cc1ccc(OCCc2cnn(C)c2)c(F)c1. The summed E-state index contributed by atoms with van der Waals surface area (Å²) >= 11 is 0. The predicted octanol–water partition coefficient (Wildman–Crippen LogP) is 2.07. The molecule has 0 saturated heterocycles. The minimum Gasteiger partial charge on any atom is -0.490 e. The molecule has 1 aromatic heterocycles. The standard InChI is InChI=1S/C15H20FN3O/c1-11(17)7-12-3-4-15(14(16)8-12)20-6-5-13-9-18-19(2)10-13/h3-4,8-11H,5-7,17H2,1-2H3. The lowest BCUT2D eigenvalue weighted by Crippen LogP contribution is -2.17. The van der Waals surface area contributed by atoms with Gasteiger partial charge in [0.2, 0.25) is 0 Å². The van der Waals surface area contributed by atoms with E-state index in [0.29, 0.717) is 19.4 Å². The van der Waals surface area contributed by atoms with Crippen LogP contribution in [0.2, 0.25) is 0 Å². The van der Waals surface area contributed by atoms with Crippen LogP contribution >= 0.6 is 0 Å². The summed E-state index contributed by atoms with van der Waals surface area (Å²) in [7, 11) is 1.86. The Morgan fingerprint density at radius 2 is 2.20 bits per heavy atom. The quantitative estimate of drug-likeness (QED) is 0.879. The molecule has 0 bridgehead atoms. The fourth-order valence-corrected chi connectivity index (χ4v) is 2.04. The highest BCUT2D eigenvalue weighted by molar-refractivity contribution is 5.29. The van der Waals surface area contributed by atoms with E-state index < -0.39 is 0 Å². The first kappa shape index (κ1) is 14.5. The second kappa shape index (κ2) is 6.52.